The third kappa shape index (κ3) is 3.06. The highest BCUT2D eigenvalue weighted by molar-refractivity contribution is 5.79. The Morgan fingerprint density at radius 3 is 2.56 bits per heavy atom. The van der Waals surface area contributed by atoms with Gasteiger partial charge in [-0.3, -0.25) is 9.48 Å². The lowest BCUT2D eigenvalue weighted by Crippen LogP contribution is -2.39. The van der Waals surface area contributed by atoms with Gasteiger partial charge in [0.15, 0.2) is 0 Å². The molecule has 3 N–H and O–H groups in total. The molecular formula is C11H20N4O. The lowest BCUT2D eigenvalue weighted by molar-refractivity contribution is -0.125. The Bertz CT molecular complexity index is 359. The molecule has 1 rings (SSSR count). The van der Waals surface area contributed by atoms with Crippen LogP contribution in [0.1, 0.15) is 32.4 Å². The third-order valence-corrected chi connectivity index (χ3v) is 2.79. The van der Waals surface area contributed by atoms with E-state index in [1.54, 1.807) is 10.9 Å². The first-order chi connectivity index (χ1) is 7.41. The molecule has 0 bridgehead atoms. The molecule has 5 heteroatoms. The van der Waals surface area contributed by atoms with Crippen molar-refractivity contribution in [3.63, 3.8) is 0 Å². The minimum Gasteiger partial charge on any atom is -0.349 e. The minimum atomic E-state index is -0.181. The van der Waals surface area contributed by atoms with Gasteiger partial charge in [0.2, 0.25) is 5.91 Å². The zero-order valence-corrected chi connectivity index (χ0v) is 10.3. The Morgan fingerprint density at radius 2 is 2.12 bits per heavy atom. The van der Waals surface area contributed by atoms with Gasteiger partial charge in [-0.05, 0) is 13.8 Å². The highest BCUT2D eigenvalue weighted by Gasteiger charge is 2.19. The van der Waals surface area contributed by atoms with Gasteiger partial charge in [-0.25, -0.2) is 0 Å². The Kier molecular flexibility index (Phi) is 4.06. The Hall–Kier alpha value is -1.36. The second-order valence-electron chi connectivity index (χ2n) is 4.33. The van der Waals surface area contributed by atoms with E-state index >= 15 is 0 Å². The van der Waals surface area contributed by atoms with E-state index in [2.05, 4.69) is 10.4 Å². The molecule has 90 valence electrons. The summed E-state index contributed by atoms with van der Waals surface area (Å²) in [6, 6.07) is -0.177. The number of amides is 1. The van der Waals surface area contributed by atoms with Crippen LogP contribution in [-0.2, 0) is 11.8 Å². The number of aryl methyl sites for hydroxylation is 1. The number of aromatic nitrogens is 2. The molecule has 0 aliphatic heterocycles. The summed E-state index contributed by atoms with van der Waals surface area (Å²) in [6.07, 6.45) is 3.64. The van der Waals surface area contributed by atoms with Crippen molar-refractivity contribution in [2.75, 3.05) is 0 Å². The topological polar surface area (TPSA) is 72.9 Å². The van der Waals surface area contributed by atoms with Crippen molar-refractivity contribution in [2.45, 2.75) is 32.9 Å². The quantitative estimate of drug-likeness (QED) is 0.785. The predicted molar refractivity (Wildman–Crippen MR) is 62.6 cm³/mol. The van der Waals surface area contributed by atoms with Crippen molar-refractivity contribution in [1.29, 1.82) is 0 Å². The zero-order valence-electron chi connectivity index (χ0n) is 10.3. The van der Waals surface area contributed by atoms with Crippen molar-refractivity contribution in [3.8, 4) is 0 Å². The van der Waals surface area contributed by atoms with Crippen LogP contribution in [0, 0.1) is 5.92 Å². The smallest absolute Gasteiger partial charge is 0.224 e. The molecule has 0 saturated carbocycles. The molecule has 1 aromatic rings. The van der Waals surface area contributed by atoms with Crippen LogP contribution in [0.4, 0.5) is 0 Å². The van der Waals surface area contributed by atoms with E-state index < -0.39 is 0 Å². The number of rotatable bonds is 4. The fourth-order valence-electron chi connectivity index (χ4n) is 1.33. The van der Waals surface area contributed by atoms with Crippen LogP contribution < -0.4 is 11.1 Å². The lowest BCUT2D eigenvalue weighted by atomic mass is 10.0. The van der Waals surface area contributed by atoms with Crippen molar-refractivity contribution in [3.05, 3.63) is 18.0 Å². The van der Waals surface area contributed by atoms with Crippen LogP contribution >= 0.6 is 0 Å². The van der Waals surface area contributed by atoms with Crippen molar-refractivity contribution in [1.82, 2.24) is 15.1 Å². The molecule has 1 aromatic heterocycles. The number of nitrogens with two attached hydrogens (primary N) is 1. The van der Waals surface area contributed by atoms with Crippen molar-refractivity contribution >= 4 is 5.91 Å². The molecule has 3 unspecified atom stereocenters. The first-order valence-corrected chi connectivity index (χ1v) is 5.46. The summed E-state index contributed by atoms with van der Waals surface area (Å²) in [5.74, 6) is -0.203. The van der Waals surface area contributed by atoms with Gasteiger partial charge in [-0.15, -0.1) is 0 Å². The number of nitrogens with one attached hydrogen (secondary N) is 1. The second kappa shape index (κ2) is 5.12. The number of carbonyl (C=O) groups is 1. The summed E-state index contributed by atoms with van der Waals surface area (Å²) in [5, 5.41) is 6.98. The first-order valence-electron chi connectivity index (χ1n) is 5.46. The molecule has 0 radical (unpaired) electrons. The van der Waals surface area contributed by atoms with Crippen LogP contribution in [0.3, 0.4) is 0 Å². The van der Waals surface area contributed by atoms with E-state index in [1.165, 1.54) is 0 Å². The van der Waals surface area contributed by atoms with E-state index in [0.717, 1.165) is 5.56 Å². The summed E-state index contributed by atoms with van der Waals surface area (Å²) in [4.78, 5) is 11.8. The maximum atomic E-state index is 11.8. The lowest BCUT2D eigenvalue weighted by Gasteiger charge is -2.18. The van der Waals surface area contributed by atoms with Crippen LogP contribution in [0.25, 0.3) is 0 Å². The number of nitrogens with zero attached hydrogens (tertiary/aromatic N) is 2. The van der Waals surface area contributed by atoms with E-state index in [4.69, 9.17) is 5.73 Å². The summed E-state index contributed by atoms with van der Waals surface area (Å²) >= 11 is 0. The van der Waals surface area contributed by atoms with Gasteiger partial charge in [0, 0.05) is 30.8 Å². The van der Waals surface area contributed by atoms with Gasteiger partial charge in [0.1, 0.15) is 0 Å². The fourth-order valence-corrected chi connectivity index (χ4v) is 1.33. The third-order valence-electron chi connectivity index (χ3n) is 2.79. The van der Waals surface area contributed by atoms with Gasteiger partial charge in [0.05, 0.1) is 12.2 Å². The SMILES string of the molecule is CC(NC(=O)C(C)C(C)N)c1cnn(C)c1. The van der Waals surface area contributed by atoms with Crippen molar-refractivity contribution < 1.29 is 4.79 Å². The van der Waals surface area contributed by atoms with Crippen LogP contribution in [0.5, 0.6) is 0 Å². The van der Waals surface area contributed by atoms with Gasteiger partial charge >= 0.3 is 0 Å². The summed E-state index contributed by atoms with van der Waals surface area (Å²) in [7, 11) is 1.85. The van der Waals surface area contributed by atoms with Crippen LogP contribution in [0.2, 0.25) is 0 Å². The molecule has 0 saturated heterocycles. The Balaban J connectivity index is 2.58. The number of carbonyl (C=O) groups excluding carboxylic acids is 1. The molecule has 0 aromatic carbocycles. The molecule has 3 atom stereocenters. The molecule has 5 nitrogen and oxygen atoms in total. The fraction of sp³-hybridized carbons (Fsp3) is 0.636. The van der Waals surface area contributed by atoms with E-state index in [-0.39, 0.29) is 23.9 Å². The minimum absolute atomic E-state index is 0.0219. The van der Waals surface area contributed by atoms with Gasteiger partial charge in [-0.1, -0.05) is 6.92 Å². The summed E-state index contributed by atoms with van der Waals surface area (Å²) in [5.41, 5.74) is 6.67. The Morgan fingerprint density at radius 1 is 1.50 bits per heavy atom. The molecular weight excluding hydrogens is 204 g/mol. The molecule has 0 aliphatic rings. The molecule has 1 heterocycles. The van der Waals surface area contributed by atoms with Crippen molar-refractivity contribution in [2.24, 2.45) is 18.7 Å². The van der Waals surface area contributed by atoms with Crippen LogP contribution in [-0.4, -0.2) is 21.7 Å². The molecule has 0 aliphatic carbocycles. The van der Waals surface area contributed by atoms with E-state index in [0.29, 0.717) is 0 Å². The molecule has 0 spiro atoms. The largest absolute Gasteiger partial charge is 0.349 e. The molecule has 1 amide bonds. The highest BCUT2D eigenvalue weighted by Crippen LogP contribution is 2.11. The standard InChI is InChI=1S/C11H20N4O/c1-7(8(2)12)11(16)14-9(3)10-5-13-15(4)6-10/h5-9H,12H2,1-4H3,(H,14,16). The second-order valence-corrected chi connectivity index (χ2v) is 4.33. The van der Waals surface area contributed by atoms with Gasteiger partial charge in [-0.2, -0.15) is 5.10 Å². The predicted octanol–water partition coefficient (Wildman–Crippen LogP) is 0.581. The first kappa shape index (κ1) is 12.7. The average molecular weight is 224 g/mol. The normalized spacial score (nSPS) is 16.6. The average Bonchev–Trinajstić information content (AvgIpc) is 2.63. The number of hydrogen-bond donors (Lipinski definition) is 2. The summed E-state index contributed by atoms with van der Waals surface area (Å²) < 4.78 is 1.72. The molecule has 0 fully saturated rings. The Labute approximate surface area is 96.0 Å². The maximum Gasteiger partial charge on any atom is 0.224 e. The van der Waals surface area contributed by atoms with E-state index in [1.807, 2.05) is 34.0 Å². The monoisotopic (exact) mass is 224 g/mol. The van der Waals surface area contributed by atoms with Crippen LogP contribution in [0.15, 0.2) is 12.4 Å². The zero-order chi connectivity index (χ0) is 12.3. The maximum absolute atomic E-state index is 11.8. The number of hydrogen-bond acceptors (Lipinski definition) is 3. The summed E-state index contributed by atoms with van der Waals surface area (Å²) in [6.45, 7) is 5.60. The highest BCUT2D eigenvalue weighted by atomic mass is 16.1. The van der Waals surface area contributed by atoms with Gasteiger partial charge < -0.3 is 11.1 Å². The van der Waals surface area contributed by atoms with Gasteiger partial charge in [0.25, 0.3) is 0 Å². The molecule has 16 heavy (non-hydrogen) atoms. The van der Waals surface area contributed by atoms with E-state index in [9.17, 15) is 4.79 Å².